The van der Waals surface area contributed by atoms with Gasteiger partial charge in [-0.1, -0.05) is 6.92 Å². The Bertz CT molecular complexity index is 748. The number of sulfonamides is 1. The molecule has 0 unspecified atom stereocenters. The molecule has 9 heteroatoms. The van der Waals surface area contributed by atoms with Gasteiger partial charge in [-0.15, -0.1) is 0 Å². The van der Waals surface area contributed by atoms with Crippen LogP contribution >= 0.6 is 0 Å². The molecule has 0 spiro atoms. The zero-order chi connectivity index (χ0) is 18.8. The Hall–Kier alpha value is -2.13. The van der Waals surface area contributed by atoms with Gasteiger partial charge in [0.1, 0.15) is 5.75 Å². The number of nitrogens with one attached hydrogen (secondary N) is 1. The van der Waals surface area contributed by atoms with E-state index in [4.69, 9.17) is 11.1 Å². The van der Waals surface area contributed by atoms with Crippen LogP contribution in [0.25, 0.3) is 0 Å². The van der Waals surface area contributed by atoms with Gasteiger partial charge in [-0.2, -0.15) is 4.31 Å². The first kappa shape index (κ1) is 19.2. The lowest BCUT2D eigenvalue weighted by Crippen LogP contribution is -2.47. The minimum absolute atomic E-state index is 0.00181. The summed E-state index contributed by atoms with van der Waals surface area (Å²) in [5.74, 6) is -1.20. The third-order valence-electron chi connectivity index (χ3n) is 4.68. The van der Waals surface area contributed by atoms with Gasteiger partial charge in [0.25, 0.3) is 0 Å². The smallest absolute Gasteiger partial charge is 0.243 e. The minimum Gasteiger partial charge on any atom is -0.508 e. The summed E-state index contributed by atoms with van der Waals surface area (Å²) in [5.41, 5.74) is 5.35. The van der Waals surface area contributed by atoms with Crippen LogP contribution < -0.4 is 5.73 Å². The fraction of sp³-hybridized carbons (Fsp3) is 0.500. The molecule has 0 aliphatic carbocycles. The topological polar surface area (TPSA) is 128 Å². The van der Waals surface area contributed by atoms with Crippen LogP contribution in [0.4, 0.5) is 0 Å². The highest BCUT2D eigenvalue weighted by Crippen LogP contribution is 2.29. The maximum Gasteiger partial charge on any atom is 0.243 e. The van der Waals surface area contributed by atoms with Gasteiger partial charge in [0.05, 0.1) is 4.90 Å². The molecule has 2 rings (SSSR count). The summed E-state index contributed by atoms with van der Waals surface area (Å²) in [6.07, 6.45) is 1.39. The second kappa shape index (κ2) is 7.40. The summed E-state index contributed by atoms with van der Waals surface area (Å²) in [6, 6.07) is 5.41. The predicted octanol–water partition coefficient (Wildman–Crippen LogP) is 0.781. The molecule has 1 aliphatic heterocycles. The molecule has 138 valence electrons. The van der Waals surface area contributed by atoms with E-state index in [0.29, 0.717) is 13.0 Å². The molecule has 1 heterocycles. The Morgan fingerprint density at radius 3 is 2.56 bits per heavy atom. The largest absolute Gasteiger partial charge is 0.508 e. The van der Waals surface area contributed by atoms with E-state index in [0.717, 1.165) is 11.3 Å². The SMILES string of the molecule is C[C@H](C(=O)N(C)C(=N)N)[C@@H]1CCCN(S(=O)(=O)c2ccc(O)cc2)C1. The van der Waals surface area contributed by atoms with Gasteiger partial charge in [0.15, 0.2) is 5.96 Å². The van der Waals surface area contributed by atoms with E-state index < -0.39 is 15.9 Å². The summed E-state index contributed by atoms with van der Waals surface area (Å²) >= 11 is 0. The van der Waals surface area contributed by atoms with Crippen molar-refractivity contribution in [3.63, 3.8) is 0 Å². The lowest BCUT2D eigenvalue weighted by molar-refractivity contribution is -0.132. The number of carbonyl (C=O) groups is 1. The van der Waals surface area contributed by atoms with Gasteiger partial charge in [-0.05, 0) is 43.0 Å². The van der Waals surface area contributed by atoms with E-state index in [1.807, 2.05) is 0 Å². The Labute approximate surface area is 147 Å². The van der Waals surface area contributed by atoms with Crippen molar-refractivity contribution in [2.75, 3.05) is 20.1 Å². The molecule has 25 heavy (non-hydrogen) atoms. The van der Waals surface area contributed by atoms with E-state index in [2.05, 4.69) is 0 Å². The van der Waals surface area contributed by atoms with E-state index in [-0.39, 0.29) is 35.0 Å². The molecule has 1 aromatic rings. The number of phenolic OH excluding ortho intramolecular Hbond substituents is 1. The summed E-state index contributed by atoms with van der Waals surface area (Å²) in [7, 11) is -2.24. The number of hydrogen-bond donors (Lipinski definition) is 3. The third-order valence-corrected chi connectivity index (χ3v) is 6.56. The summed E-state index contributed by atoms with van der Waals surface area (Å²) in [5, 5.41) is 16.7. The Morgan fingerprint density at radius 2 is 2.00 bits per heavy atom. The Balaban J connectivity index is 2.16. The molecule has 1 aliphatic rings. The van der Waals surface area contributed by atoms with Crippen molar-refractivity contribution in [1.29, 1.82) is 5.41 Å². The number of phenols is 1. The fourth-order valence-corrected chi connectivity index (χ4v) is 4.53. The molecule has 1 amide bonds. The molecule has 1 saturated heterocycles. The highest BCUT2D eigenvalue weighted by molar-refractivity contribution is 7.89. The molecule has 0 saturated carbocycles. The highest BCUT2D eigenvalue weighted by Gasteiger charge is 2.35. The molecule has 8 nitrogen and oxygen atoms in total. The van der Waals surface area contributed by atoms with Crippen LogP contribution in [0.2, 0.25) is 0 Å². The van der Waals surface area contributed by atoms with E-state index in [9.17, 15) is 18.3 Å². The van der Waals surface area contributed by atoms with Gasteiger partial charge in [-0.3, -0.25) is 15.1 Å². The van der Waals surface area contributed by atoms with Gasteiger partial charge < -0.3 is 10.8 Å². The molecular weight excluding hydrogens is 344 g/mol. The van der Waals surface area contributed by atoms with E-state index in [1.165, 1.54) is 35.6 Å². The number of benzene rings is 1. The number of amides is 1. The number of nitrogens with zero attached hydrogens (tertiary/aromatic N) is 2. The van der Waals surface area contributed by atoms with Crippen LogP contribution in [0.3, 0.4) is 0 Å². The second-order valence-corrected chi connectivity index (χ2v) is 8.27. The number of nitrogens with two attached hydrogens (primary N) is 1. The van der Waals surface area contributed by atoms with Crippen LogP contribution in [0.15, 0.2) is 29.2 Å². The van der Waals surface area contributed by atoms with Crippen LogP contribution in [0, 0.1) is 17.2 Å². The summed E-state index contributed by atoms with van der Waals surface area (Å²) in [4.78, 5) is 13.6. The van der Waals surface area contributed by atoms with Crippen molar-refractivity contribution in [3.05, 3.63) is 24.3 Å². The van der Waals surface area contributed by atoms with Crippen LogP contribution in [0.1, 0.15) is 19.8 Å². The molecule has 0 aromatic heterocycles. The number of carbonyl (C=O) groups excluding carboxylic acids is 1. The van der Waals surface area contributed by atoms with Crippen molar-refractivity contribution < 1.29 is 18.3 Å². The monoisotopic (exact) mass is 368 g/mol. The lowest BCUT2D eigenvalue weighted by Gasteiger charge is -2.35. The number of hydrogen-bond acceptors (Lipinski definition) is 5. The first-order chi connectivity index (χ1) is 11.6. The number of rotatable bonds is 4. The first-order valence-electron chi connectivity index (χ1n) is 8.05. The maximum absolute atomic E-state index is 12.8. The maximum atomic E-state index is 12.8. The average Bonchev–Trinajstić information content (AvgIpc) is 2.60. The van der Waals surface area contributed by atoms with Gasteiger partial charge >= 0.3 is 0 Å². The number of piperidine rings is 1. The molecular formula is C16H24N4O4S. The van der Waals surface area contributed by atoms with E-state index in [1.54, 1.807) is 6.92 Å². The minimum atomic E-state index is -3.68. The zero-order valence-electron chi connectivity index (χ0n) is 14.3. The van der Waals surface area contributed by atoms with Crippen molar-refractivity contribution in [2.45, 2.75) is 24.7 Å². The Morgan fingerprint density at radius 1 is 1.40 bits per heavy atom. The third kappa shape index (κ3) is 4.10. The van der Waals surface area contributed by atoms with Crippen LogP contribution in [-0.4, -0.2) is 54.7 Å². The molecule has 0 bridgehead atoms. The summed E-state index contributed by atoms with van der Waals surface area (Å²) in [6.45, 7) is 2.37. The van der Waals surface area contributed by atoms with Crippen molar-refractivity contribution in [3.8, 4) is 5.75 Å². The van der Waals surface area contributed by atoms with Crippen molar-refractivity contribution in [2.24, 2.45) is 17.6 Å². The van der Waals surface area contributed by atoms with Gasteiger partial charge in [0, 0.05) is 26.1 Å². The van der Waals surface area contributed by atoms with Crippen molar-refractivity contribution in [1.82, 2.24) is 9.21 Å². The average molecular weight is 368 g/mol. The molecule has 2 atom stereocenters. The molecule has 0 radical (unpaired) electrons. The predicted molar refractivity (Wildman–Crippen MR) is 93.4 cm³/mol. The summed E-state index contributed by atoms with van der Waals surface area (Å²) < 4.78 is 26.9. The Kier molecular flexibility index (Phi) is 5.69. The van der Waals surface area contributed by atoms with Crippen LogP contribution in [-0.2, 0) is 14.8 Å². The normalized spacial score (nSPS) is 20.0. The molecule has 1 aromatic carbocycles. The molecule has 4 N–H and O–H groups in total. The van der Waals surface area contributed by atoms with Gasteiger partial charge in [0.2, 0.25) is 15.9 Å². The zero-order valence-corrected chi connectivity index (χ0v) is 15.2. The lowest BCUT2D eigenvalue weighted by atomic mass is 9.86. The number of aromatic hydroxyl groups is 1. The van der Waals surface area contributed by atoms with Crippen LogP contribution in [0.5, 0.6) is 5.75 Å². The quantitative estimate of drug-likeness (QED) is 0.534. The standard InChI is InChI=1S/C16H24N4O4S/c1-11(15(22)19(2)16(17)18)12-4-3-9-20(10-12)25(23,24)14-7-5-13(21)6-8-14/h5-8,11-12,21H,3-4,9-10H2,1-2H3,(H3,17,18)/t11-,12+/m0/s1. The second-order valence-electron chi connectivity index (χ2n) is 6.33. The van der Waals surface area contributed by atoms with Gasteiger partial charge in [-0.25, -0.2) is 8.42 Å². The van der Waals surface area contributed by atoms with Crippen molar-refractivity contribution >= 4 is 21.9 Å². The first-order valence-corrected chi connectivity index (χ1v) is 9.49. The fourth-order valence-electron chi connectivity index (χ4n) is 2.99. The van der Waals surface area contributed by atoms with E-state index >= 15 is 0 Å². The highest BCUT2D eigenvalue weighted by atomic mass is 32.2. The molecule has 1 fully saturated rings. The number of guanidine groups is 1.